The molecule has 0 radical (unpaired) electrons. The summed E-state index contributed by atoms with van der Waals surface area (Å²) in [6.45, 7) is 3.53. The number of ether oxygens (including phenoxy) is 1. The maximum atomic E-state index is 11.5. The molecule has 18 heavy (non-hydrogen) atoms. The summed E-state index contributed by atoms with van der Waals surface area (Å²) < 4.78 is 28.2. The van der Waals surface area contributed by atoms with Gasteiger partial charge in [-0.3, -0.25) is 10.1 Å². The quantitative estimate of drug-likeness (QED) is 0.473. The lowest BCUT2D eigenvalue weighted by Crippen LogP contribution is -2.06. The fourth-order valence-corrected chi connectivity index (χ4v) is 3.06. The third kappa shape index (κ3) is 2.91. The smallest absolute Gasteiger partial charge is 0.274 e. The molecule has 0 saturated carbocycles. The van der Waals surface area contributed by atoms with Crippen molar-refractivity contribution in [1.29, 1.82) is 0 Å². The van der Waals surface area contributed by atoms with Crippen LogP contribution in [-0.2, 0) is 15.5 Å². The highest BCUT2D eigenvalue weighted by Crippen LogP contribution is 2.36. The fraction of sp³-hybridized carbons (Fsp3) is 0.400. The van der Waals surface area contributed by atoms with Gasteiger partial charge in [-0.15, -0.1) is 0 Å². The van der Waals surface area contributed by atoms with Gasteiger partial charge in [0.15, 0.2) is 0 Å². The molecule has 0 aromatic heterocycles. The molecule has 6 nitrogen and oxygen atoms in total. The van der Waals surface area contributed by atoms with Crippen LogP contribution >= 0.6 is 10.7 Å². The zero-order chi connectivity index (χ0) is 13.9. The molecule has 0 spiro atoms. The van der Waals surface area contributed by atoms with Gasteiger partial charge in [0, 0.05) is 16.7 Å². The van der Waals surface area contributed by atoms with Gasteiger partial charge in [-0.1, -0.05) is 6.92 Å². The van der Waals surface area contributed by atoms with Crippen LogP contribution in [0.5, 0.6) is 5.75 Å². The number of nitrogens with zero attached hydrogens (tertiary/aromatic N) is 1. The van der Waals surface area contributed by atoms with Gasteiger partial charge in [0.2, 0.25) is 0 Å². The van der Waals surface area contributed by atoms with Crippen molar-refractivity contribution in [2.24, 2.45) is 0 Å². The van der Waals surface area contributed by atoms with Crippen LogP contribution in [0.15, 0.2) is 17.0 Å². The van der Waals surface area contributed by atoms with Gasteiger partial charge < -0.3 is 4.74 Å². The second-order valence-corrected chi connectivity index (χ2v) is 5.87. The lowest BCUT2D eigenvalue weighted by atomic mass is 10.1. The van der Waals surface area contributed by atoms with E-state index in [1.165, 1.54) is 12.1 Å². The second kappa shape index (κ2) is 5.53. The van der Waals surface area contributed by atoms with E-state index in [2.05, 4.69) is 0 Å². The molecule has 0 heterocycles. The summed E-state index contributed by atoms with van der Waals surface area (Å²) in [5, 5.41) is 10.9. The summed E-state index contributed by atoms with van der Waals surface area (Å²) in [7, 11) is 1.22. The molecule has 0 atom stereocenters. The number of hydrogen-bond acceptors (Lipinski definition) is 5. The first kappa shape index (κ1) is 14.7. The summed E-state index contributed by atoms with van der Waals surface area (Å²) in [5.41, 5.74) is -0.221. The molecule has 0 fully saturated rings. The predicted molar refractivity (Wildman–Crippen MR) is 66.7 cm³/mol. The number of nitro benzene ring substituents is 1. The molecule has 0 aliphatic rings. The molecule has 100 valence electrons. The topological polar surface area (TPSA) is 86.5 Å². The Morgan fingerprint density at radius 2 is 2.00 bits per heavy atom. The first-order valence-corrected chi connectivity index (χ1v) is 7.51. The zero-order valence-corrected chi connectivity index (χ0v) is 11.4. The molecule has 0 N–H and O–H groups in total. The molecule has 8 heteroatoms. The number of halogens is 1. The minimum atomic E-state index is -4.11. The molecule has 0 saturated heterocycles. The largest absolute Gasteiger partial charge is 0.492 e. The SMILES string of the molecule is CCOc1ccc([N+](=O)[O-])c(CC)c1S(=O)(=O)Cl. The van der Waals surface area contributed by atoms with E-state index in [9.17, 15) is 18.5 Å². The Hall–Kier alpha value is -1.34. The Morgan fingerprint density at radius 1 is 1.39 bits per heavy atom. The maximum Gasteiger partial charge on any atom is 0.274 e. The molecule has 1 aromatic rings. The van der Waals surface area contributed by atoms with Gasteiger partial charge in [-0.05, 0) is 19.4 Å². The summed E-state index contributed by atoms with van der Waals surface area (Å²) in [6, 6.07) is 2.46. The van der Waals surface area contributed by atoms with Gasteiger partial charge in [0.05, 0.1) is 17.1 Å². The van der Waals surface area contributed by atoms with Crippen LogP contribution < -0.4 is 4.74 Å². The van der Waals surface area contributed by atoms with Crippen molar-refractivity contribution in [3.05, 3.63) is 27.8 Å². The predicted octanol–water partition coefficient (Wildman–Crippen LogP) is 2.48. The van der Waals surface area contributed by atoms with Crippen LogP contribution in [0.4, 0.5) is 5.69 Å². The van der Waals surface area contributed by atoms with Crippen molar-refractivity contribution >= 4 is 25.4 Å². The number of hydrogen-bond donors (Lipinski definition) is 0. The highest BCUT2D eigenvalue weighted by atomic mass is 35.7. The van der Waals surface area contributed by atoms with Gasteiger partial charge in [0.1, 0.15) is 10.6 Å². The fourth-order valence-electron chi connectivity index (χ4n) is 1.65. The molecule has 0 amide bonds. The molecule has 0 aliphatic carbocycles. The molecule has 0 bridgehead atoms. The highest BCUT2D eigenvalue weighted by molar-refractivity contribution is 8.13. The Labute approximate surface area is 109 Å². The van der Waals surface area contributed by atoms with E-state index in [0.29, 0.717) is 0 Å². The average molecular weight is 294 g/mol. The zero-order valence-electron chi connectivity index (χ0n) is 9.84. The Balaban J connectivity index is 3.67. The van der Waals surface area contributed by atoms with Crippen molar-refractivity contribution in [3.8, 4) is 5.75 Å². The standard InChI is InChI=1S/C10H12ClNO5S/c1-3-7-8(12(13)14)5-6-9(17-4-2)10(7)18(11,15)16/h5-6H,3-4H2,1-2H3. The highest BCUT2D eigenvalue weighted by Gasteiger charge is 2.27. The normalized spacial score (nSPS) is 11.3. The van der Waals surface area contributed by atoms with Crippen LogP contribution in [0.3, 0.4) is 0 Å². The molecular weight excluding hydrogens is 282 g/mol. The Morgan fingerprint density at radius 3 is 2.39 bits per heavy atom. The van der Waals surface area contributed by atoms with Gasteiger partial charge in [-0.2, -0.15) is 0 Å². The van der Waals surface area contributed by atoms with Gasteiger partial charge >= 0.3 is 0 Å². The van der Waals surface area contributed by atoms with E-state index in [0.717, 1.165) is 0 Å². The van der Waals surface area contributed by atoms with E-state index < -0.39 is 14.0 Å². The van der Waals surface area contributed by atoms with Crippen LogP contribution in [0.25, 0.3) is 0 Å². The summed E-state index contributed by atoms with van der Waals surface area (Å²) >= 11 is 0. The van der Waals surface area contributed by atoms with Crippen molar-refractivity contribution in [2.75, 3.05) is 6.61 Å². The minimum Gasteiger partial charge on any atom is -0.492 e. The lowest BCUT2D eigenvalue weighted by molar-refractivity contribution is -0.385. The summed E-state index contributed by atoms with van der Waals surface area (Å²) in [5.74, 6) is 0.0370. The van der Waals surface area contributed by atoms with Gasteiger partial charge in [0.25, 0.3) is 14.7 Å². The van der Waals surface area contributed by atoms with E-state index >= 15 is 0 Å². The third-order valence-electron chi connectivity index (χ3n) is 2.29. The lowest BCUT2D eigenvalue weighted by Gasteiger charge is -2.11. The first-order chi connectivity index (χ1) is 8.32. The van der Waals surface area contributed by atoms with Gasteiger partial charge in [-0.25, -0.2) is 8.42 Å². The van der Waals surface area contributed by atoms with Crippen molar-refractivity contribution in [2.45, 2.75) is 25.2 Å². The molecule has 0 aliphatic heterocycles. The third-order valence-corrected chi connectivity index (χ3v) is 3.69. The van der Waals surface area contributed by atoms with Crippen molar-refractivity contribution in [3.63, 3.8) is 0 Å². The average Bonchev–Trinajstić information content (AvgIpc) is 2.26. The molecule has 1 aromatic carbocycles. The second-order valence-electron chi connectivity index (χ2n) is 3.37. The molecule has 0 unspecified atom stereocenters. The summed E-state index contributed by atoms with van der Waals surface area (Å²) in [6.07, 6.45) is 0.165. The van der Waals surface area contributed by atoms with Crippen molar-refractivity contribution < 1.29 is 18.1 Å². The van der Waals surface area contributed by atoms with Crippen LogP contribution in [0, 0.1) is 10.1 Å². The molecular formula is C10H12ClNO5S. The van der Waals surface area contributed by atoms with E-state index in [4.69, 9.17) is 15.4 Å². The molecule has 1 rings (SSSR count). The van der Waals surface area contributed by atoms with E-state index in [1.807, 2.05) is 0 Å². The van der Waals surface area contributed by atoms with E-state index in [1.54, 1.807) is 13.8 Å². The maximum absolute atomic E-state index is 11.5. The summed E-state index contributed by atoms with van der Waals surface area (Å²) in [4.78, 5) is 9.90. The minimum absolute atomic E-state index is 0.0370. The van der Waals surface area contributed by atoms with E-state index in [-0.39, 0.29) is 34.9 Å². The van der Waals surface area contributed by atoms with Crippen LogP contribution in [-0.4, -0.2) is 19.9 Å². The van der Waals surface area contributed by atoms with Crippen LogP contribution in [0.2, 0.25) is 0 Å². The number of benzene rings is 1. The monoisotopic (exact) mass is 293 g/mol. The Bertz CT molecular complexity index is 570. The van der Waals surface area contributed by atoms with Crippen molar-refractivity contribution in [1.82, 2.24) is 0 Å². The number of nitro groups is 1. The van der Waals surface area contributed by atoms with Crippen LogP contribution in [0.1, 0.15) is 19.4 Å². The first-order valence-electron chi connectivity index (χ1n) is 5.20. The number of rotatable bonds is 5. The Kier molecular flexibility index (Phi) is 4.53.